The normalized spacial score (nSPS) is 31.3. The van der Waals surface area contributed by atoms with Crippen LogP contribution in [0.3, 0.4) is 0 Å². The molecule has 3 saturated heterocycles. The van der Waals surface area contributed by atoms with E-state index in [1.807, 2.05) is 18.3 Å². The highest BCUT2D eigenvalue weighted by Crippen LogP contribution is 2.47. The lowest BCUT2D eigenvalue weighted by Crippen LogP contribution is -2.59. The van der Waals surface area contributed by atoms with Crippen LogP contribution in [0.5, 0.6) is 0 Å². The topological polar surface area (TPSA) is 39.3 Å². The Morgan fingerprint density at radius 2 is 1.84 bits per heavy atom. The van der Waals surface area contributed by atoms with Crippen LogP contribution in [0, 0.1) is 17.8 Å². The molecule has 4 atom stereocenters. The van der Waals surface area contributed by atoms with Gasteiger partial charge < -0.3 is 9.88 Å². The number of aromatic nitrogens is 1. The second-order valence-electron chi connectivity index (χ2n) is 7.95. The average Bonchev–Trinajstić information content (AvgIpc) is 3.32. The van der Waals surface area contributed by atoms with Crippen molar-refractivity contribution < 1.29 is 4.79 Å². The molecule has 4 heteroatoms. The largest absolute Gasteiger partial charge is 0.357 e. The number of hydrogen-bond donors (Lipinski definition) is 1. The second-order valence-corrected chi connectivity index (χ2v) is 7.95. The Labute approximate surface area is 148 Å². The first-order valence-corrected chi connectivity index (χ1v) is 9.50. The fourth-order valence-electron chi connectivity index (χ4n) is 5.48. The maximum Gasteiger partial charge on any atom is 0.270 e. The molecule has 1 amide bonds. The first kappa shape index (κ1) is 15.2. The Morgan fingerprint density at radius 1 is 1.00 bits per heavy atom. The summed E-state index contributed by atoms with van der Waals surface area (Å²) < 4.78 is 0. The third-order valence-corrected chi connectivity index (χ3v) is 6.59. The van der Waals surface area contributed by atoms with E-state index in [1.54, 1.807) is 0 Å². The molecule has 3 aliphatic heterocycles. The zero-order valence-corrected chi connectivity index (χ0v) is 14.5. The lowest BCUT2D eigenvalue weighted by Gasteiger charge is -2.52. The molecule has 4 fully saturated rings. The van der Waals surface area contributed by atoms with Gasteiger partial charge in [0.25, 0.3) is 5.91 Å². The molecule has 130 valence electrons. The summed E-state index contributed by atoms with van der Waals surface area (Å²) in [5.41, 5.74) is 2.14. The molecule has 1 aliphatic carbocycles. The maximum absolute atomic E-state index is 12.9. The minimum atomic E-state index is 0.194. The number of H-pyrrole nitrogens is 1. The quantitative estimate of drug-likeness (QED) is 0.936. The summed E-state index contributed by atoms with van der Waals surface area (Å²) in [5, 5.41) is 0. The number of nitrogens with one attached hydrogen (secondary N) is 1. The average molecular weight is 335 g/mol. The van der Waals surface area contributed by atoms with Gasteiger partial charge in [-0.3, -0.25) is 9.69 Å². The van der Waals surface area contributed by atoms with Crippen LogP contribution in [0.4, 0.5) is 0 Å². The molecule has 2 aromatic rings. The van der Waals surface area contributed by atoms with Crippen molar-refractivity contribution >= 4 is 5.91 Å². The Kier molecular flexibility index (Phi) is 3.66. The third-order valence-electron chi connectivity index (χ3n) is 6.59. The van der Waals surface area contributed by atoms with Gasteiger partial charge in [-0.2, -0.15) is 0 Å². The van der Waals surface area contributed by atoms with E-state index >= 15 is 0 Å². The van der Waals surface area contributed by atoms with E-state index in [0.717, 1.165) is 31.2 Å². The van der Waals surface area contributed by atoms with Crippen molar-refractivity contribution in [2.75, 3.05) is 19.6 Å². The predicted molar refractivity (Wildman–Crippen MR) is 97.0 cm³/mol. The van der Waals surface area contributed by atoms with Crippen LogP contribution < -0.4 is 0 Å². The van der Waals surface area contributed by atoms with E-state index in [0.29, 0.717) is 17.9 Å². The van der Waals surface area contributed by atoms with Gasteiger partial charge in [0, 0.05) is 38.4 Å². The molecule has 1 N–H and O–H groups in total. The number of fused-ring (bicyclic) bond motifs is 2. The lowest BCUT2D eigenvalue weighted by atomic mass is 9.66. The maximum atomic E-state index is 12.9. The molecule has 25 heavy (non-hydrogen) atoms. The predicted octanol–water partition coefficient (Wildman–Crippen LogP) is 3.00. The molecule has 0 spiro atoms. The summed E-state index contributed by atoms with van der Waals surface area (Å²) in [6.45, 7) is 4.32. The number of hydrogen-bond acceptors (Lipinski definition) is 2. The van der Waals surface area contributed by atoms with Crippen LogP contribution in [0.1, 0.15) is 28.9 Å². The summed E-state index contributed by atoms with van der Waals surface area (Å²) in [6.07, 6.45) is 4.31. The smallest absolute Gasteiger partial charge is 0.270 e. The van der Waals surface area contributed by atoms with Gasteiger partial charge in [0.05, 0.1) is 0 Å². The summed E-state index contributed by atoms with van der Waals surface area (Å²) in [6, 6.07) is 15.0. The van der Waals surface area contributed by atoms with Crippen molar-refractivity contribution in [3.63, 3.8) is 0 Å². The Hall–Kier alpha value is -2.07. The van der Waals surface area contributed by atoms with Gasteiger partial charge in [-0.25, -0.2) is 0 Å². The number of benzene rings is 1. The number of rotatable bonds is 3. The van der Waals surface area contributed by atoms with Crippen molar-refractivity contribution in [2.45, 2.75) is 25.4 Å². The first-order chi connectivity index (χ1) is 12.3. The number of piperidine rings is 2. The van der Waals surface area contributed by atoms with Crippen LogP contribution in [-0.2, 0) is 6.54 Å². The van der Waals surface area contributed by atoms with E-state index in [-0.39, 0.29) is 5.91 Å². The molecule has 1 saturated carbocycles. The summed E-state index contributed by atoms with van der Waals surface area (Å²) in [4.78, 5) is 20.8. The van der Waals surface area contributed by atoms with Crippen molar-refractivity contribution in [3.05, 3.63) is 59.9 Å². The SMILES string of the molecule is O=C(c1ccc[nH]1)N1CC2CCC1C1CN(Cc3ccccc3)CC21. The van der Waals surface area contributed by atoms with Crippen LogP contribution in [0.2, 0.25) is 0 Å². The second kappa shape index (κ2) is 6.03. The zero-order valence-electron chi connectivity index (χ0n) is 14.5. The van der Waals surface area contributed by atoms with Gasteiger partial charge >= 0.3 is 0 Å². The lowest BCUT2D eigenvalue weighted by molar-refractivity contribution is -0.0147. The van der Waals surface area contributed by atoms with Crippen LogP contribution in [-0.4, -0.2) is 46.4 Å². The van der Waals surface area contributed by atoms with E-state index < -0.39 is 0 Å². The number of carbonyl (C=O) groups is 1. The van der Waals surface area contributed by atoms with Gasteiger partial charge in [0.1, 0.15) is 5.69 Å². The van der Waals surface area contributed by atoms with E-state index in [4.69, 9.17) is 0 Å². The molecule has 1 aromatic heterocycles. The molecule has 4 unspecified atom stereocenters. The van der Waals surface area contributed by atoms with Crippen molar-refractivity contribution in [2.24, 2.45) is 17.8 Å². The van der Waals surface area contributed by atoms with Crippen LogP contribution in [0.25, 0.3) is 0 Å². The molecule has 4 nitrogen and oxygen atoms in total. The molecule has 6 rings (SSSR count). The van der Waals surface area contributed by atoms with E-state index in [9.17, 15) is 4.79 Å². The number of nitrogens with zero attached hydrogens (tertiary/aromatic N) is 2. The monoisotopic (exact) mass is 335 g/mol. The fourth-order valence-corrected chi connectivity index (χ4v) is 5.48. The Morgan fingerprint density at radius 3 is 2.64 bits per heavy atom. The van der Waals surface area contributed by atoms with Gasteiger partial charge in [-0.15, -0.1) is 0 Å². The van der Waals surface area contributed by atoms with Crippen LogP contribution >= 0.6 is 0 Å². The van der Waals surface area contributed by atoms with Crippen molar-refractivity contribution in [1.82, 2.24) is 14.8 Å². The first-order valence-electron chi connectivity index (χ1n) is 9.50. The molecular weight excluding hydrogens is 310 g/mol. The molecule has 1 aromatic carbocycles. The van der Waals surface area contributed by atoms with Crippen LogP contribution in [0.15, 0.2) is 48.7 Å². The van der Waals surface area contributed by atoms with Crippen molar-refractivity contribution in [3.8, 4) is 0 Å². The molecule has 4 aliphatic rings. The highest BCUT2D eigenvalue weighted by atomic mass is 16.2. The van der Waals surface area contributed by atoms with Gasteiger partial charge in [-0.1, -0.05) is 30.3 Å². The van der Waals surface area contributed by atoms with Crippen molar-refractivity contribution in [1.29, 1.82) is 0 Å². The summed E-state index contributed by atoms with van der Waals surface area (Å²) in [5.74, 6) is 2.29. The number of aromatic amines is 1. The summed E-state index contributed by atoms with van der Waals surface area (Å²) in [7, 11) is 0. The summed E-state index contributed by atoms with van der Waals surface area (Å²) >= 11 is 0. The van der Waals surface area contributed by atoms with Gasteiger partial charge in [0.15, 0.2) is 0 Å². The number of carbonyl (C=O) groups excluding carboxylic acids is 1. The minimum Gasteiger partial charge on any atom is -0.357 e. The van der Waals surface area contributed by atoms with Gasteiger partial charge in [-0.05, 0) is 48.3 Å². The molecule has 4 heterocycles. The third kappa shape index (κ3) is 2.60. The Bertz CT molecular complexity index is 742. The fraction of sp³-hybridized carbons (Fsp3) is 0.476. The highest BCUT2D eigenvalue weighted by Gasteiger charge is 2.52. The van der Waals surface area contributed by atoms with E-state index in [1.165, 1.54) is 24.9 Å². The zero-order chi connectivity index (χ0) is 16.8. The molecule has 0 radical (unpaired) electrons. The number of amides is 1. The highest BCUT2D eigenvalue weighted by molar-refractivity contribution is 5.92. The standard InChI is InChI=1S/C21H25N3O/c25-21(19-7-4-10-22-19)24-12-16-8-9-20(24)18-14-23(13-17(16)18)11-15-5-2-1-3-6-15/h1-7,10,16-18,20,22H,8-9,11-14H2. The molecule has 2 bridgehead atoms. The van der Waals surface area contributed by atoms with Gasteiger partial charge in [0.2, 0.25) is 0 Å². The number of likely N-dealkylation sites (tertiary alicyclic amines) is 1. The molecular formula is C21H25N3O. The Balaban J connectivity index is 1.33. The minimum absolute atomic E-state index is 0.194. The van der Waals surface area contributed by atoms with E-state index in [2.05, 4.69) is 45.1 Å².